The molecule has 0 aliphatic rings. The minimum atomic E-state index is -3.29. The van der Waals surface area contributed by atoms with Gasteiger partial charge >= 0.3 is 6.61 Å². The number of nitriles is 1. The molecule has 0 bridgehead atoms. The summed E-state index contributed by atoms with van der Waals surface area (Å²) in [6, 6.07) is 3.31. The largest absolute Gasteiger partial charge is 0.432 e. The van der Waals surface area contributed by atoms with Crippen molar-refractivity contribution in [2.24, 2.45) is 0 Å². The molecule has 0 saturated carbocycles. The van der Waals surface area contributed by atoms with Crippen LogP contribution >= 0.6 is 0 Å². The molecule has 0 heterocycles. The van der Waals surface area contributed by atoms with Crippen LogP contribution in [0.2, 0.25) is 0 Å². The average molecular weight is 242 g/mol. The lowest BCUT2D eigenvalue weighted by Crippen LogP contribution is -2.08. The first kappa shape index (κ1) is 12.5. The van der Waals surface area contributed by atoms with E-state index in [-0.39, 0.29) is 11.8 Å². The van der Waals surface area contributed by atoms with E-state index in [1.165, 1.54) is 6.07 Å². The summed E-state index contributed by atoms with van der Waals surface area (Å²) in [7, 11) is 0. The summed E-state index contributed by atoms with van der Waals surface area (Å²) in [6.07, 6.45) is -0.00329. The van der Waals surface area contributed by atoms with E-state index >= 15 is 0 Å². The van der Waals surface area contributed by atoms with Crippen molar-refractivity contribution in [3.05, 3.63) is 33.4 Å². The van der Waals surface area contributed by atoms with Gasteiger partial charge in [0.2, 0.25) is 0 Å². The van der Waals surface area contributed by atoms with Gasteiger partial charge in [-0.25, -0.2) is 0 Å². The number of nitrogens with zero attached hydrogens (tertiary/aromatic N) is 2. The molecule has 1 aromatic rings. The number of ether oxygens (including phenoxy) is 1. The Bertz CT molecular complexity index is 510. The fourth-order valence-electron chi connectivity index (χ4n) is 1.17. The van der Waals surface area contributed by atoms with Gasteiger partial charge in [-0.1, -0.05) is 0 Å². The van der Waals surface area contributed by atoms with Crippen LogP contribution in [0.5, 0.6) is 5.75 Å². The number of aldehydes is 1. The summed E-state index contributed by atoms with van der Waals surface area (Å²) < 4.78 is 28.1. The van der Waals surface area contributed by atoms with E-state index < -0.39 is 28.5 Å². The second-order valence-electron chi connectivity index (χ2n) is 2.74. The average Bonchev–Trinajstić information content (AvgIpc) is 2.27. The fourth-order valence-corrected chi connectivity index (χ4v) is 1.17. The van der Waals surface area contributed by atoms with E-state index in [1.54, 1.807) is 0 Å². The summed E-state index contributed by atoms with van der Waals surface area (Å²) in [4.78, 5) is 20.3. The van der Waals surface area contributed by atoms with Crippen LogP contribution in [0.25, 0.3) is 0 Å². The van der Waals surface area contributed by atoms with Crippen molar-refractivity contribution in [3.63, 3.8) is 0 Å². The molecule has 0 atom stereocenters. The molecule has 0 spiro atoms. The lowest BCUT2D eigenvalue weighted by Gasteiger charge is -2.08. The van der Waals surface area contributed by atoms with Crippen molar-refractivity contribution < 1.29 is 23.2 Å². The van der Waals surface area contributed by atoms with E-state index in [0.29, 0.717) is 0 Å². The minimum Gasteiger partial charge on any atom is -0.432 e. The monoisotopic (exact) mass is 242 g/mol. The highest BCUT2D eigenvalue weighted by Crippen LogP contribution is 2.31. The number of hydrogen-bond donors (Lipinski definition) is 0. The SMILES string of the molecule is N#Cc1ccc([N+](=O)[O-])c(C=O)c1OC(F)F. The van der Waals surface area contributed by atoms with Crippen LogP contribution < -0.4 is 4.74 Å². The van der Waals surface area contributed by atoms with Crippen LogP contribution in [0.15, 0.2) is 12.1 Å². The first-order valence-electron chi connectivity index (χ1n) is 4.12. The molecule has 0 unspecified atom stereocenters. The van der Waals surface area contributed by atoms with Crippen LogP contribution in [0, 0.1) is 21.4 Å². The highest BCUT2D eigenvalue weighted by atomic mass is 19.3. The zero-order chi connectivity index (χ0) is 13.0. The molecule has 88 valence electrons. The smallest absolute Gasteiger partial charge is 0.387 e. The van der Waals surface area contributed by atoms with Gasteiger partial charge in [0.1, 0.15) is 11.6 Å². The molecule has 1 rings (SSSR count). The molecule has 0 fully saturated rings. The van der Waals surface area contributed by atoms with Crippen molar-refractivity contribution >= 4 is 12.0 Å². The lowest BCUT2D eigenvalue weighted by atomic mass is 10.1. The van der Waals surface area contributed by atoms with Gasteiger partial charge in [0.05, 0.1) is 10.5 Å². The molecule has 17 heavy (non-hydrogen) atoms. The van der Waals surface area contributed by atoms with Gasteiger partial charge in [-0.2, -0.15) is 14.0 Å². The summed E-state index contributed by atoms with van der Waals surface area (Å²) >= 11 is 0. The van der Waals surface area contributed by atoms with Gasteiger partial charge in [0.15, 0.2) is 12.0 Å². The maximum Gasteiger partial charge on any atom is 0.387 e. The van der Waals surface area contributed by atoms with Crippen molar-refractivity contribution in [3.8, 4) is 11.8 Å². The van der Waals surface area contributed by atoms with E-state index in [1.807, 2.05) is 0 Å². The molecule has 0 amide bonds. The zero-order valence-corrected chi connectivity index (χ0v) is 8.09. The van der Waals surface area contributed by atoms with Gasteiger partial charge in [0, 0.05) is 6.07 Å². The maximum absolute atomic E-state index is 12.1. The first-order valence-corrected chi connectivity index (χ1v) is 4.12. The molecular weight excluding hydrogens is 238 g/mol. The molecule has 6 nitrogen and oxygen atoms in total. The van der Waals surface area contributed by atoms with E-state index in [0.717, 1.165) is 12.1 Å². The molecule has 0 saturated heterocycles. The van der Waals surface area contributed by atoms with Crippen LogP contribution in [0.3, 0.4) is 0 Å². The molecule has 0 aliphatic heterocycles. The predicted molar refractivity (Wildman–Crippen MR) is 49.8 cm³/mol. The summed E-state index contributed by atoms with van der Waals surface area (Å²) in [5.41, 5.74) is -1.76. The molecule has 0 radical (unpaired) electrons. The molecule has 1 aromatic carbocycles. The third-order valence-electron chi connectivity index (χ3n) is 1.82. The molecule has 0 N–H and O–H groups in total. The Kier molecular flexibility index (Phi) is 3.66. The van der Waals surface area contributed by atoms with Gasteiger partial charge in [0.25, 0.3) is 5.69 Å². The Morgan fingerprint density at radius 3 is 2.59 bits per heavy atom. The number of rotatable bonds is 4. The number of nitro groups is 1. The predicted octanol–water partition coefficient (Wildman–Crippen LogP) is 1.88. The third-order valence-corrected chi connectivity index (χ3v) is 1.82. The maximum atomic E-state index is 12.1. The summed E-state index contributed by atoms with van der Waals surface area (Å²) in [5, 5.41) is 19.2. The summed E-state index contributed by atoms with van der Waals surface area (Å²) in [6.45, 7) is -3.29. The highest BCUT2D eigenvalue weighted by molar-refractivity contribution is 5.87. The number of halogens is 2. The zero-order valence-electron chi connectivity index (χ0n) is 8.09. The van der Waals surface area contributed by atoms with Crippen LogP contribution in [0.4, 0.5) is 14.5 Å². The van der Waals surface area contributed by atoms with Crippen LogP contribution in [-0.4, -0.2) is 17.8 Å². The first-order chi connectivity index (χ1) is 8.01. The Hall–Kier alpha value is -2.56. The van der Waals surface area contributed by atoms with E-state index in [9.17, 15) is 23.7 Å². The van der Waals surface area contributed by atoms with Crippen molar-refractivity contribution in [2.45, 2.75) is 6.61 Å². The standard InChI is InChI=1S/C9H4F2N2O4/c10-9(11)17-8-5(3-12)1-2-7(13(15)16)6(8)4-14/h1-2,4,9H. The number of carbonyl (C=O) groups excluding carboxylic acids is 1. The third kappa shape index (κ3) is 2.52. The molecule has 0 aromatic heterocycles. The molecule has 8 heteroatoms. The lowest BCUT2D eigenvalue weighted by molar-refractivity contribution is -0.385. The van der Waals surface area contributed by atoms with Gasteiger partial charge in [-0.15, -0.1) is 0 Å². The van der Waals surface area contributed by atoms with Crippen molar-refractivity contribution in [1.82, 2.24) is 0 Å². The fraction of sp³-hybridized carbons (Fsp3) is 0.111. The Morgan fingerprint density at radius 1 is 1.53 bits per heavy atom. The number of alkyl halides is 2. The van der Waals surface area contributed by atoms with E-state index in [4.69, 9.17) is 5.26 Å². The topological polar surface area (TPSA) is 93.2 Å². The number of hydrogen-bond acceptors (Lipinski definition) is 5. The van der Waals surface area contributed by atoms with Gasteiger partial charge in [-0.05, 0) is 6.07 Å². The second kappa shape index (κ2) is 4.98. The number of benzene rings is 1. The Balaban J connectivity index is 3.49. The Morgan fingerprint density at radius 2 is 2.18 bits per heavy atom. The van der Waals surface area contributed by atoms with Gasteiger partial charge < -0.3 is 4.74 Å². The molecule has 0 aliphatic carbocycles. The van der Waals surface area contributed by atoms with Crippen molar-refractivity contribution in [2.75, 3.05) is 0 Å². The normalized spacial score (nSPS) is 9.76. The van der Waals surface area contributed by atoms with Crippen LogP contribution in [0.1, 0.15) is 15.9 Å². The van der Waals surface area contributed by atoms with Gasteiger partial charge in [-0.3, -0.25) is 14.9 Å². The highest BCUT2D eigenvalue weighted by Gasteiger charge is 2.23. The van der Waals surface area contributed by atoms with Crippen LogP contribution in [-0.2, 0) is 0 Å². The molecular formula is C9H4F2N2O4. The van der Waals surface area contributed by atoms with Crippen molar-refractivity contribution in [1.29, 1.82) is 5.26 Å². The Labute approximate surface area is 93.2 Å². The summed E-state index contributed by atoms with van der Waals surface area (Å²) in [5.74, 6) is -0.785. The number of nitro benzene ring substituents is 1. The minimum absolute atomic E-state index is 0.00329. The quantitative estimate of drug-likeness (QED) is 0.456. The second-order valence-corrected chi connectivity index (χ2v) is 2.74. The number of carbonyl (C=O) groups is 1. The van der Waals surface area contributed by atoms with E-state index in [2.05, 4.69) is 4.74 Å².